The van der Waals surface area contributed by atoms with E-state index in [1.165, 1.54) is 25.7 Å². The Labute approximate surface area is 89.0 Å². The molecule has 0 bridgehead atoms. The molecule has 0 amide bonds. The van der Waals surface area contributed by atoms with E-state index in [1.54, 1.807) is 0 Å². The zero-order valence-corrected chi connectivity index (χ0v) is 9.97. The molecule has 0 radical (unpaired) electrons. The van der Waals surface area contributed by atoms with Crippen molar-refractivity contribution in [3.63, 3.8) is 0 Å². The van der Waals surface area contributed by atoms with Gasteiger partial charge in [-0.1, -0.05) is 33.3 Å². The Morgan fingerprint density at radius 2 is 2.14 bits per heavy atom. The molecule has 0 spiro atoms. The van der Waals surface area contributed by atoms with Gasteiger partial charge in [0.1, 0.15) is 0 Å². The number of hydrogen-bond donors (Lipinski definition) is 1. The van der Waals surface area contributed by atoms with E-state index >= 15 is 0 Å². The summed E-state index contributed by atoms with van der Waals surface area (Å²) >= 11 is 0. The Morgan fingerprint density at radius 3 is 2.57 bits per heavy atom. The van der Waals surface area contributed by atoms with Crippen LogP contribution in [0.3, 0.4) is 0 Å². The molecule has 1 saturated carbocycles. The summed E-state index contributed by atoms with van der Waals surface area (Å²) < 4.78 is 0. The maximum atomic E-state index is 3.97. The second-order valence-corrected chi connectivity index (χ2v) is 5.45. The summed E-state index contributed by atoms with van der Waals surface area (Å²) in [5, 5.41) is 3.60. The van der Waals surface area contributed by atoms with Gasteiger partial charge in [0, 0.05) is 12.6 Å². The van der Waals surface area contributed by atoms with Crippen molar-refractivity contribution in [3.8, 4) is 0 Å². The fourth-order valence-corrected chi connectivity index (χ4v) is 1.55. The van der Waals surface area contributed by atoms with Crippen LogP contribution in [0, 0.1) is 11.3 Å². The minimum absolute atomic E-state index is 0.298. The predicted molar refractivity (Wildman–Crippen MR) is 63.4 cm³/mol. The normalized spacial score (nSPS) is 20.9. The molecule has 1 nitrogen and oxygen atoms in total. The monoisotopic (exact) mass is 195 g/mol. The Hall–Kier alpha value is -0.300. The molecule has 0 aliphatic heterocycles. The molecule has 0 heterocycles. The third kappa shape index (κ3) is 4.28. The molecule has 0 aromatic heterocycles. The van der Waals surface area contributed by atoms with E-state index in [0.717, 1.165) is 18.5 Å². The Morgan fingerprint density at radius 1 is 1.50 bits per heavy atom. The van der Waals surface area contributed by atoms with Crippen LogP contribution < -0.4 is 5.32 Å². The summed E-state index contributed by atoms with van der Waals surface area (Å²) in [4.78, 5) is 0. The molecule has 1 rings (SSSR count). The molecule has 0 aromatic rings. The largest absolute Gasteiger partial charge is 0.313 e. The molecule has 14 heavy (non-hydrogen) atoms. The fraction of sp³-hybridized carbons (Fsp3) is 0.846. The van der Waals surface area contributed by atoms with Crippen molar-refractivity contribution in [1.29, 1.82) is 0 Å². The first kappa shape index (κ1) is 11.8. The van der Waals surface area contributed by atoms with E-state index in [2.05, 4.69) is 38.7 Å². The van der Waals surface area contributed by atoms with Crippen molar-refractivity contribution < 1.29 is 0 Å². The highest BCUT2D eigenvalue weighted by atomic mass is 15.0. The van der Waals surface area contributed by atoms with Gasteiger partial charge in [-0.25, -0.2) is 0 Å². The third-order valence-corrected chi connectivity index (χ3v) is 3.16. The second-order valence-electron chi connectivity index (χ2n) is 5.45. The second kappa shape index (κ2) is 4.97. The lowest BCUT2D eigenvalue weighted by Gasteiger charge is -2.27. The lowest BCUT2D eigenvalue weighted by molar-refractivity contribution is 0.331. The van der Waals surface area contributed by atoms with Gasteiger partial charge in [-0.2, -0.15) is 0 Å². The first-order valence-corrected chi connectivity index (χ1v) is 5.93. The topological polar surface area (TPSA) is 12.0 Å². The van der Waals surface area contributed by atoms with Crippen LogP contribution in [0.15, 0.2) is 12.7 Å². The van der Waals surface area contributed by atoms with E-state index in [4.69, 9.17) is 0 Å². The van der Waals surface area contributed by atoms with Gasteiger partial charge in [-0.3, -0.25) is 0 Å². The van der Waals surface area contributed by atoms with E-state index in [-0.39, 0.29) is 0 Å². The van der Waals surface area contributed by atoms with Crippen LogP contribution in [0.1, 0.15) is 46.5 Å². The minimum atomic E-state index is 0.298. The summed E-state index contributed by atoms with van der Waals surface area (Å²) in [6, 6.07) is 0.813. The molecular formula is C13H25N. The first-order chi connectivity index (χ1) is 6.56. The van der Waals surface area contributed by atoms with E-state index < -0.39 is 0 Å². The van der Waals surface area contributed by atoms with E-state index in [1.807, 2.05) is 0 Å². The van der Waals surface area contributed by atoms with Crippen molar-refractivity contribution in [2.24, 2.45) is 11.3 Å². The predicted octanol–water partition coefficient (Wildman–Crippen LogP) is 3.37. The fourth-order valence-electron chi connectivity index (χ4n) is 1.55. The molecule has 0 aromatic carbocycles. The summed E-state index contributed by atoms with van der Waals surface area (Å²) in [5.74, 6) is 0.801. The summed E-state index contributed by atoms with van der Waals surface area (Å²) in [7, 11) is 0. The van der Waals surface area contributed by atoms with Crippen molar-refractivity contribution in [2.45, 2.75) is 52.5 Å². The lowest BCUT2D eigenvalue weighted by Crippen LogP contribution is -2.31. The summed E-state index contributed by atoms with van der Waals surface area (Å²) in [6.07, 6.45) is 7.43. The van der Waals surface area contributed by atoms with Crippen LogP contribution in [0.2, 0.25) is 0 Å². The summed E-state index contributed by atoms with van der Waals surface area (Å²) in [5.41, 5.74) is 0.298. The molecule has 1 heteroatoms. The quantitative estimate of drug-likeness (QED) is 0.614. The Bertz CT molecular complexity index is 174. The highest BCUT2D eigenvalue weighted by molar-refractivity contribution is 4.95. The van der Waals surface area contributed by atoms with Gasteiger partial charge in [0.05, 0.1) is 0 Å². The van der Waals surface area contributed by atoms with Gasteiger partial charge in [0.15, 0.2) is 0 Å². The number of hydrogen-bond acceptors (Lipinski definition) is 1. The van der Waals surface area contributed by atoms with Crippen LogP contribution in [0.5, 0.6) is 0 Å². The van der Waals surface area contributed by atoms with Crippen LogP contribution in [0.4, 0.5) is 0 Å². The molecule has 1 unspecified atom stereocenters. The van der Waals surface area contributed by atoms with Crippen molar-refractivity contribution >= 4 is 0 Å². The van der Waals surface area contributed by atoms with Crippen molar-refractivity contribution in [1.82, 2.24) is 5.32 Å². The van der Waals surface area contributed by atoms with Gasteiger partial charge < -0.3 is 5.32 Å². The minimum Gasteiger partial charge on any atom is -0.313 e. The van der Waals surface area contributed by atoms with Gasteiger partial charge in [0.2, 0.25) is 0 Å². The van der Waals surface area contributed by atoms with Gasteiger partial charge in [-0.15, -0.1) is 6.58 Å². The number of rotatable bonds is 7. The van der Waals surface area contributed by atoms with E-state index in [9.17, 15) is 0 Å². The maximum absolute atomic E-state index is 3.97. The molecule has 1 aliphatic rings. The summed E-state index contributed by atoms with van der Waals surface area (Å²) in [6.45, 7) is 12.0. The van der Waals surface area contributed by atoms with Gasteiger partial charge >= 0.3 is 0 Å². The highest BCUT2D eigenvalue weighted by Gasteiger charge is 2.26. The average Bonchev–Trinajstić information content (AvgIpc) is 2.95. The highest BCUT2D eigenvalue weighted by Crippen LogP contribution is 2.28. The van der Waals surface area contributed by atoms with Crippen molar-refractivity contribution in [2.75, 3.05) is 6.54 Å². The van der Waals surface area contributed by atoms with Crippen LogP contribution in [-0.4, -0.2) is 12.6 Å². The molecule has 1 N–H and O–H groups in total. The lowest BCUT2D eigenvalue weighted by atomic mass is 9.83. The molecular weight excluding hydrogens is 170 g/mol. The van der Waals surface area contributed by atoms with Crippen molar-refractivity contribution in [3.05, 3.63) is 12.7 Å². The Kier molecular flexibility index (Phi) is 4.18. The molecule has 0 saturated heterocycles. The van der Waals surface area contributed by atoms with Crippen LogP contribution in [-0.2, 0) is 0 Å². The average molecular weight is 195 g/mol. The van der Waals surface area contributed by atoms with Crippen LogP contribution >= 0.6 is 0 Å². The number of nitrogens with one attached hydrogen (secondary N) is 1. The molecule has 1 atom stereocenters. The molecule has 82 valence electrons. The SMILES string of the molecule is C=CC(C)(CCC(C)C)CNC1CC1. The van der Waals surface area contributed by atoms with Gasteiger partial charge in [0.25, 0.3) is 0 Å². The maximum Gasteiger partial charge on any atom is 0.00685 e. The first-order valence-electron chi connectivity index (χ1n) is 5.93. The molecule has 1 aliphatic carbocycles. The zero-order chi connectivity index (χ0) is 10.6. The third-order valence-electron chi connectivity index (χ3n) is 3.16. The van der Waals surface area contributed by atoms with Crippen LogP contribution in [0.25, 0.3) is 0 Å². The van der Waals surface area contributed by atoms with Gasteiger partial charge in [-0.05, 0) is 30.6 Å². The smallest absolute Gasteiger partial charge is 0.00685 e. The molecule has 1 fully saturated rings. The van der Waals surface area contributed by atoms with E-state index in [0.29, 0.717) is 5.41 Å². The zero-order valence-electron chi connectivity index (χ0n) is 9.97. The Balaban J connectivity index is 2.26. The standard InChI is InChI=1S/C13H25N/c1-5-13(4,9-8-11(2)3)10-14-12-6-7-12/h5,11-12,14H,1,6-10H2,2-4H3.